The van der Waals surface area contributed by atoms with Crippen molar-refractivity contribution < 1.29 is 13.9 Å². The summed E-state index contributed by atoms with van der Waals surface area (Å²) in [4.78, 5) is 16.2. The van der Waals surface area contributed by atoms with Gasteiger partial charge in [-0.1, -0.05) is 36.8 Å². The summed E-state index contributed by atoms with van der Waals surface area (Å²) in [6, 6.07) is 19.7. The maximum Gasteiger partial charge on any atom is 0.265 e. The number of rotatable bonds is 6. The molecule has 1 N–H and O–H groups in total. The molecule has 6 heteroatoms. The Kier molecular flexibility index (Phi) is 5.97. The zero-order chi connectivity index (χ0) is 21.9. The highest BCUT2D eigenvalue weighted by atomic mass is 32.1. The molecular formula is C26H26N2O3S. The molecule has 1 aliphatic heterocycles. The van der Waals surface area contributed by atoms with E-state index >= 15 is 0 Å². The fourth-order valence-corrected chi connectivity index (χ4v) is 5.08. The summed E-state index contributed by atoms with van der Waals surface area (Å²) in [6.07, 6.45) is 3.56. The molecule has 1 atom stereocenters. The summed E-state index contributed by atoms with van der Waals surface area (Å²) in [5.41, 5.74) is 2.66. The van der Waals surface area contributed by atoms with Gasteiger partial charge >= 0.3 is 0 Å². The van der Waals surface area contributed by atoms with E-state index in [4.69, 9.17) is 9.15 Å². The van der Waals surface area contributed by atoms with Crippen molar-refractivity contribution in [2.75, 3.05) is 25.5 Å². The largest absolute Gasteiger partial charge is 0.497 e. The first-order chi connectivity index (χ1) is 15.7. The van der Waals surface area contributed by atoms with Crippen molar-refractivity contribution in [3.05, 3.63) is 82.2 Å². The predicted molar refractivity (Wildman–Crippen MR) is 129 cm³/mol. The van der Waals surface area contributed by atoms with E-state index < -0.39 is 0 Å². The Labute approximate surface area is 191 Å². The lowest BCUT2D eigenvalue weighted by Crippen LogP contribution is -2.34. The van der Waals surface area contributed by atoms with Gasteiger partial charge in [-0.3, -0.25) is 9.69 Å². The molecule has 2 aromatic heterocycles. The monoisotopic (exact) mass is 446 g/mol. The van der Waals surface area contributed by atoms with Gasteiger partial charge in [-0.2, -0.15) is 0 Å². The smallest absolute Gasteiger partial charge is 0.265 e. The summed E-state index contributed by atoms with van der Waals surface area (Å²) in [6.45, 7) is 1.98. The molecule has 0 aliphatic carbocycles. The van der Waals surface area contributed by atoms with Crippen LogP contribution in [-0.2, 0) is 0 Å². The van der Waals surface area contributed by atoms with Crippen LogP contribution >= 0.6 is 11.3 Å². The van der Waals surface area contributed by atoms with Gasteiger partial charge in [0.25, 0.3) is 5.91 Å². The Morgan fingerprint density at radius 1 is 1.03 bits per heavy atom. The maximum absolute atomic E-state index is 13.0. The van der Waals surface area contributed by atoms with Crippen molar-refractivity contribution in [2.45, 2.75) is 25.3 Å². The van der Waals surface area contributed by atoms with Crippen molar-refractivity contribution in [1.82, 2.24) is 4.90 Å². The maximum atomic E-state index is 13.0. The predicted octanol–water partition coefficient (Wildman–Crippen LogP) is 6.33. The number of carbonyl (C=O) groups is 1. The highest BCUT2D eigenvalue weighted by Gasteiger charge is 2.31. The Hall–Kier alpha value is -3.09. The number of likely N-dealkylation sites (tertiary alicyclic amines) is 1. The lowest BCUT2D eigenvalue weighted by molar-refractivity contribution is 0.102. The summed E-state index contributed by atoms with van der Waals surface area (Å²) >= 11 is 1.43. The van der Waals surface area contributed by atoms with Crippen LogP contribution in [0.1, 0.15) is 46.3 Å². The van der Waals surface area contributed by atoms with E-state index in [1.165, 1.54) is 17.8 Å². The molecule has 5 rings (SSSR count). The second-order valence-electron chi connectivity index (χ2n) is 8.04. The summed E-state index contributed by atoms with van der Waals surface area (Å²) in [5.74, 6) is 1.49. The number of nitrogens with one attached hydrogen (secondary N) is 1. The first kappa shape index (κ1) is 20.8. The number of fused-ring (bicyclic) bond motifs is 1. The molecule has 0 saturated carbocycles. The van der Waals surface area contributed by atoms with Crippen molar-refractivity contribution in [3.63, 3.8) is 0 Å². The standard InChI is InChI=1S/C26H26N2O3S/c1-30-19-13-11-18(12-14-19)24(28-15-5-2-6-16-28)25-23(20-8-3-4-9-21(20)31-25)27-26(29)22-10-7-17-32-22/h3-4,7-14,17,24H,2,5-6,15-16H2,1H3,(H,27,29)/t24-/m0/s1. The number of piperidine rings is 1. The topological polar surface area (TPSA) is 54.7 Å². The second-order valence-corrected chi connectivity index (χ2v) is 8.99. The third-order valence-electron chi connectivity index (χ3n) is 6.04. The van der Waals surface area contributed by atoms with Gasteiger partial charge in [0.2, 0.25) is 0 Å². The Morgan fingerprint density at radius 3 is 2.53 bits per heavy atom. The molecule has 0 unspecified atom stereocenters. The van der Waals surface area contributed by atoms with Crippen molar-refractivity contribution in [1.29, 1.82) is 0 Å². The van der Waals surface area contributed by atoms with Crippen LogP contribution in [0.2, 0.25) is 0 Å². The number of methoxy groups -OCH3 is 1. The lowest BCUT2D eigenvalue weighted by Gasteiger charge is -2.34. The molecule has 0 spiro atoms. The van der Waals surface area contributed by atoms with Gasteiger partial charge in [0.05, 0.1) is 23.7 Å². The number of para-hydroxylation sites is 1. The van der Waals surface area contributed by atoms with Crippen LogP contribution in [0.25, 0.3) is 11.0 Å². The van der Waals surface area contributed by atoms with Crippen LogP contribution in [0.3, 0.4) is 0 Å². The van der Waals surface area contributed by atoms with E-state index in [0.717, 1.165) is 59.7 Å². The van der Waals surface area contributed by atoms with E-state index in [-0.39, 0.29) is 11.9 Å². The van der Waals surface area contributed by atoms with Gasteiger partial charge < -0.3 is 14.5 Å². The Balaban J connectivity index is 1.63. The van der Waals surface area contributed by atoms with Crippen LogP contribution in [0.15, 0.2) is 70.5 Å². The Bertz CT molecular complexity index is 1190. The molecule has 0 bridgehead atoms. The molecule has 164 valence electrons. The number of anilines is 1. The molecule has 1 amide bonds. The van der Waals surface area contributed by atoms with E-state index in [1.54, 1.807) is 7.11 Å². The highest BCUT2D eigenvalue weighted by molar-refractivity contribution is 7.12. The molecule has 2 aromatic carbocycles. The van der Waals surface area contributed by atoms with Gasteiger partial charge in [0.15, 0.2) is 0 Å². The quantitative estimate of drug-likeness (QED) is 0.376. The molecule has 1 aliphatic rings. The first-order valence-corrected chi connectivity index (χ1v) is 11.9. The van der Waals surface area contributed by atoms with E-state index in [2.05, 4.69) is 22.3 Å². The number of hydrogen-bond donors (Lipinski definition) is 1. The molecule has 1 saturated heterocycles. The average molecular weight is 447 g/mol. The van der Waals surface area contributed by atoms with Crippen molar-refractivity contribution in [3.8, 4) is 5.75 Å². The van der Waals surface area contributed by atoms with E-state index in [9.17, 15) is 4.79 Å². The number of furan rings is 1. The molecular weight excluding hydrogens is 420 g/mol. The summed E-state index contributed by atoms with van der Waals surface area (Å²) in [7, 11) is 1.68. The van der Waals surface area contributed by atoms with Gasteiger partial charge in [-0.05, 0) is 67.2 Å². The third-order valence-corrected chi connectivity index (χ3v) is 6.91. The first-order valence-electron chi connectivity index (χ1n) is 11.0. The van der Waals surface area contributed by atoms with Gasteiger partial charge in [-0.15, -0.1) is 11.3 Å². The van der Waals surface area contributed by atoms with Crippen LogP contribution in [0, 0.1) is 0 Å². The third kappa shape index (κ3) is 4.04. The Morgan fingerprint density at radius 2 is 1.81 bits per heavy atom. The van der Waals surface area contributed by atoms with Gasteiger partial charge in [0.1, 0.15) is 17.1 Å². The molecule has 4 aromatic rings. The minimum atomic E-state index is -0.111. The minimum absolute atomic E-state index is 0.0905. The van der Waals surface area contributed by atoms with Crippen LogP contribution in [0.5, 0.6) is 5.75 Å². The average Bonchev–Trinajstić information content (AvgIpc) is 3.50. The van der Waals surface area contributed by atoms with Crippen LogP contribution in [-0.4, -0.2) is 31.0 Å². The summed E-state index contributed by atoms with van der Waals surface area (Å²) in [5, 5.41) is 6.01. The fraction of sp³-hybridized carbons (Fsp3) is 0.269. The summed E-state index contributed by atoms with van der Waals surface area (Å²) < 4.78 is 11.8. The van der Waals surface area contributed by atoms with Crippen molar-refractivity contribution in [2.24, 2.45) is 0 Å². The molecule has 1 fully saturated rings. The fourth-order valence-electron chi connectivity index (χ4n) is 4.46. The highest BCUT2D eigenvalue weighted by Crippen LogP contribution is 2.41. The number of carbonyl (C=O) groups excluding carboxylic acids is 1. The number of benzene rings is 2. The second kappa shape index (κ2) is 9.18. The van der Waals surface area contributed by atoms with E-state index in [0.29, 0.717) is 4.88 Å². The van der Waals surface area contributed by atoms with Crippen molar-refractivity contribution >= 4 is 33.9 Å². The zero-order valence-corrected chi connectivity index (χ0v) is 18.9. The normalized spacial score (nSPS) is 15.5. The molecule has 5 nitrogen and oxygen atoms in total. The number of thiophene rings is 1. The SMILES string of the molecule is COc1ccc([C@@H](c2oc3ccccc3c2NC(=O)c2cccs2)N2CCCCC2)cc1. The lowest BCUT2D eigenvalue weighted by atomic mass is 9.98. The zero-order valence-electron chi connectivity index (χ0n) is 18.0. The van der Waals surface area contributed by atoms with Crippen LogP contribution < -0.4 is 10.1 Å². The molecule has 32 heavy (non-hydrogen) atoms. The minimum Gasteiger partial charge on any atom is -0.497 e. The number of hydrogen-bond acceptors (Lipinski definition) is 5. The number of amides is 1. The van der Waals surface area contributed by atoms with Crippen LogP contribution in [0.4, 0.5) is 5.69 Å². The molecule has 3 heterocycles. The number of ether oxygens (including phenoxy) is 1. The van der Waals surface area contributed by atoms with E-state index in [1.807, 2.05) is 53.9 Å². The van der Waals surface area contributed by atoms with Gasteiger partial charge in [0, 0.05) is 5.39 Å². The van der Waals surface area contributed by atoms with Gasteiger partial charge in [-0.25, -0.2) is 0 Å². The number of nitrogens with zero attached hydrogens (tertiary/aromatic N) is 1. The molecule has 0 radical (unpaired) electrons.